The first-order valence-electron chi connectivity index (χ1n) is 6.70. The zero-order chi connectivity index (χ0) is 12.5. The molecule has 2 unspecified atom stereocenters. The Morgan fingerprint density at radius 3 is 2.94 bits per heavy atom. The van der Waals surface area contributed by atoms with Gasteiger partial charge < -0.3 is 5.32 Å². The lowest BCUT2D eigenvalue weighted by Gasteiger charge is -2.33. The van der Waals surface area contributed by atoms with Crippen LogP contribution in [0, 0.1) is 5.82 Å². The van der Waals surface area contributed by atoms with Crippen LogP contribution in [0.5, 0.6) is 0 Å². The highest BCUT2D eigenvalue weighted by Gasteiger charge is 2.35. The highest BCUT2D eigenvalue weighted by Crippen LogP contribution is 2.30. The molecule has 4 heteroatoms. The summed E-state index contributed by atoms with van der Waals surface area (Å²) in [7, 11) is 0. The molecule has 2 saturated heterocycles. The maximum absolute atomic E-state index is 13.1. The number of fused-ring (bicyclic) bond motifs is 1. The Bertz CT molecular complexity index is 438. The number of hydrogen-bond donors (Lipinski definition) is 1. The van der Waals surface area contributed by atoms with Gasteiger partial charge in [0.2, 0.25) is 0 Å². The average molecular weight is 269 g/mol. The maximum atomic E-state index is 13.1. The summed E-state index contributed by atoms with van der Waals surface area (Å²) >= 11 is 5.81. The van der Waals surface area contributed by atoms with Crippen molar-refractivity contribution in [3.63, 3.8) is 0 Å². The summed E-state index contributed by atoms with van der Waals surface area (Å²) in [6.07, 6.45) is 5.08. The molecule has 0 saturated carbocycles. The van der Waals surface area contributed by atoms with Gasteiger partial charge >= 0.3 is 0 Å². The van der Waals surface area contributed by atoms with Gasteiger partial charge in [0.05, 0.1) is 5.02 Å². The van der Waals surface area contributed by atoms with Gasteiger partial charge in [0.15, 0.2) is 0 Å². The van der Waals surface area contributed by atoms with E-state index in [0.29, 0.717) is 12.1 Å². The van der Waals surface area contributed by atoms with Gasteiger partial charge in [-0.2, -0.15) is 0 Å². The molecule has 18 heavy (non-hydrogen) atoms. The fourth-order valence-electron chi connectivity index (χ4n) is 3.22. The number of benzene rings is 1. The topological polar surface area (TPSA) is 15.3 Å². The summed E-state index contributed by atoms with van der Waals surface area (Å²) in [5.41, 5.74) is 0.929. The van der Waals surface area contributed by atoms with E-state index in [0.717, 1.165) is 5.69 Å². The van der Waals surface area contributed by atoms with Crippen molar-refractivity contribution in [1.29, 1.82) is 0 Å². The fourth-order valence-corrected chi connectivity index (χ4v) is 3.40. The summed E-state index contributed by atoms with van der Waals surface area (Å²) in [4.78, 5) is 2.58. The number of halogens is 2. The summed E-state index contributed by atoms with van der Waals surface area (Å²) in [5.74, 6) is -0.354. The minimum absolute atomic E-state index is 0.193. The third-order valence-electron chi connectivity index (χ3n) is 4.13. The highest BCUT2D eigenvalue weighted by molar-refractivity contribution is 6.31. The Balaban J connectivity index is 1.70. The minimum atomic E-state index is -0.354. The molecule has 1 aromatic rings. The third-order valence-corrected chi connectivity index (χ3v) is 4.42. The van der Waals surface area contributed by atoms with E-state index in [9.17, 15) is 4.39 Å². The van der Waals surface area contributed by atoms with Gasteiger partial charge in [0, 0.05) is 24.3 Å². The van der Waals surface area contributed by atoms with Gasteiger partial charge in [0.1, 0.15) is 5.82 Å². The van der Waals surface area contributed by atoms with Crippen LogP contribution in [0.4, 0.5) is 10.1 Å². The van der Waals surface area contributed by atoms with Gasteiger partial charge in [0.25, 0.3) is 0 Å². The van der Waals surface area contributed by atoms with Gasteiger partial charge in [-0.05, 0) is 44.0 Å². The van der Waals surface area contributed by atoms with Crippen LogP contribution in [0.1, 0.15) is 25.7 Å². The van der Waals surface area contributed by atoms with Gasteiger partial charge in [-0.25, -0.2) is 4.39 Å². The lowest BCUT2D eigenvalue weighted by Crippen LogP contribution is -2.41. The van der Waals surface area contributed by atoms with Crippen LogP contribution in [0.3, 0.4) is 0 Å². The predicted molar refractivity (Wildman–Crippen MR) is 72.6 cm³/mol. The second-order valence-corrected chi connectivity index (χ2v) is 5.67. The van der Waals surface area contributed by atoms with Crippen LogP contribution in [-0.2, 0) is 0 Å². The van der Waals surface area contributed by atoms with E-state index in [2.05, 4.69) is 10.2 Å². The molecule has 0 aliphatic carbocycles. The third kappa shape index (κ3) is 2.34. The number of hydrogen-bond acceptors (Lipinski definition) is 2. The Kier molecular flexibility index (Phi) is 3.44. The molecule has 1 aromatic carbocycles. The summed E-state index contributed by atoms with van der Waals surface area (Å²) < 4.78 is 13.1. The minimum Gasteiger partial charge on any atom is -0.381 e. The van der Waals surface area contributed by atoms with E-state index in [1.807, 2.05) is 0 Å². The van der Waals surface area contributed by atoms with Crippen LogP contribution in [0.15, 0.2) is 18.2 Å². The van der Waals surface area contributed by atoms with Crippen LogP contribution in [0.25, 0.3) is 0 Å². The van der Waals surface area contributed by atoms with Crippen LogP contribution in [-0.4, -0.2) is 30.1 Å². The number of piperidine rings is 1. The van der Waals surface area contributed by atoms with Crippen molar-refractivity contribution in [2.45, 2.75) is 37.8 Å². The van der Waals surface area contributed by atoms with Crippen LogP contribution in [0.2, 0.25) is 5.02 Å². The van der Waals surface area contributed by atoms with E-state index in [4.69, 9.17) is 11.6 Å². The molecule has 1 N–H and O–H groups in total. The van der Waals surface area contributed by atoms with Crippen molar-refractivity contribution in [2.24, 2.45) is 0 Å². The van der Waals surface area contributed by atoms with Gasteiger partial charge in [-0.15, -0.1) is 0 Å². The largest absolute Gasteiger partial charge is 0.381 e. The lowest BCUT2D eigenvalue weighted by molar-refractivity contribution is 0.193. The second-order valence-electron chi connectivity index (χ2n) is 5.27. The van der Waals surface area contributed by atoms with Crippen LogP contribution < -0.4 is 5.32 Å². The molecule has 2 aliphatic rings. The van der Waals surface area contributed by atoms with Gasteiger partial charge in [-0.3, -0.25) is 4.90 Å². The molecule has 0 spiro atoms. The van der Waals surface area contributed by atoms with Crippen molar-refractivity contribution in [3.05, 3.63) is 29.0 Å². The molecular weight excluding hydrogens is 251 g/mol. The van der Waals surface area contributed by atoms with Crippen LogP contribution >= 0.6 is 11.6 Å². The molecule has 2 heterocycles. The maximum Gasteiger partial charge on any atom is 0.141 e. The highest BCUT2D eigenvalue weighted by atomic mass is 35.5. The number of rotatable bonds is 2. The molecule has 3 rings (SSSR count). The normalized spacial score (nSPS) is 28.1. The Morgan fingerprint density at radius 1 is 1.22 bits per heavy atom. The number of anilines is 1. The first-order valence-corrected chi connectivity index (χ1v) is 7.07. The predicted octanol–water partition coefficient (Wildman–Crippen LogP) is 3.52. The fraction of sp³-hybridized carbons (Fsp3) is 0.571. The molecule has 2 nitrogen and oxygen atoms in total. The monoisotopic (exact) mass is 268 g/mol. The number of nitrogens with zero attached hydrogens (tertiary/aromatic N) is 1. The van der Waals surface area contributed by atoms with E-state index in [1.54, 1.807) is 12.1 Å². The summed E-state index contributed by atoms with van der Waals surface area (Å²) in [5, 5.41) is 3.71. The standard InChI is InChI=1S/C14H18ClFN2/c15-11-9-10(4-5-12(11)16)17-13-6-8-18-7-2-1-3-14(13)18/h4-5,9,13-14,17H,1-3,6-8H2. The van der Waals surface area contributed by atoms with E-state index >= 15 is 0 Å². The molecule has 0 aromatic heterocycles. The molecule has 2 atom stereocenters. The zero-order valence-electron chi connectivity index (χ0n) is 10.3. The van der Waals surface area contributed by atoms with Crippen molar-refractivity contribution < 1.29 is 4.39 Å². The van der Waals surface area contributed by atoms with Crippen molar-refractivity contribution in [3.8, 4) is 0 Å². The summed E-state index contributed by atoms with van der Waals surface area (Å²) in [6.45, 7) is 2.41. The Hall–Kier alpha value is -0.800. The van der Waals surface area contributed by atoms with Gasteiger partial charge in [-0.1, -0.05) is 18.0 Å². The molecule has 2 aliphatic heterocycles. The SMILES string of the molecule is Fc1ccc(NC2CCN3CCCCC23)cc1Cl. The summed E-state index contributed by atoms with van der Waals surface area (Å²) in [6, 6.07) is 6.00. The van der Waals surface area contributed by atoms with Crippen molar-refractivity contribution in [1.82, 2.24) is 4.90 Å². The number of nitrogens with one attached hydrogen (secondary N) is 1. The Labute approximate surface area is 112 Å². The van der Waals surface area contributed by atoms with Crippen molar-refractivity contribution in [2.75, 3.05) is 18.4 Å². The molecule has 0 radical (unpaired) electrons. The first-order chi connectivity index (χ1) is 8.74. The second kappa shape index (κ2) is 5.06. The Morgan fingerprint density at radius 2 is 2.11 bits per heavy atom. The molecule has 0 amide bonds. The van der Waals surface area contributed by atoms with Crippen molar-refractivity contribution >= 4 is 17.3 Å². The van der Waals surface area contributed by atoms with E-state index in [1.165, 1.54) is 44.8 Å². The zero-order valence-corrected chi connectivity index (χ0v) is 11.1. The average Bonchev–Trinajstić information content (AvgIpc) is 2.78. The molecule has 2 fully saturated rings. The first kappa shape index (κ1) is 12.2. The molecule has 98 valence electrons. The molecule has 0 bridgehead atoms. The lowest BCUT2D eigenvalue weighted by atomic mass is 9.99. The van der Waals surface area contributed by atoms with E-state index < -0.39 is 0 Å². The quantitative estimate of drug-likeness (QED) is 0.883. The van der Waals surface area contributed by atoms with E-state index in [-0.39, 0.29) is 10.8 Å². The molecular formula is C14H18ClFN2. The smallest absolute Gasteiger partial charge is 0.141 e.